The number of nitrogens with one attached hydrogen (secondary N) is 1. The van der Waals surface area contributed by atoms with Crippen LogP contribution in [-0.4, -0.2) is 48.4 Å². The van der Waals surface area contributed by atoms with E-state index in [0.29, 0.717) is 17.6 Å². The molecule has 4 nitrogen and oxygen atoms in total. The lowest BCUT2D eigenvalue weighted by molar-refractivity contribution is 0.0605. The van der Waals surface area contributed by atoms with Gasteiger partial charge in [0.25, 0.3) is 0 Å². The Balaban J connectivity index is 1.23. The first-order valence-corrected chi connectivity index (χ1v) is 10.6. The number of piperidine rings is 1. The van der Waals surface area contributed by atoms with Gasteiger partial charge in [-0.3, -0.25) is 0 Å². The fraction of sp³-hybridized carbons (Fsp3) is 0.333. The smallest absolute Gasteiger partial charge is 0.119 e. The van der Waals surface area contributed by atoms with Crippen molar-refractivity contribution < 1.29 is 9.84 Å². The molecule has 0 unspecified atom stereocenters. The van der Waals surface area contributed by atoms with Gasteiger partial charge in [-0.2, -0.15) is 0 Å². The molecule has 152 valence electrons. The number of halogens is 1. The monoisotopic (exact) mass is 410 g/mol. The van der Waals surface area contributed by atoms with E-state index in [4.69, 9.17) is 16.3 Å². The Morgan fingerprint density at radius 3 is 2.52 bits per heavy atom. The Labute approximate surface area is 177 Å². The number of benzene rings is 3. The zero-order valence-electron chi connectivity index (χ0n) is 16.4. The van der Waals surface area contributed by atoms with Gasteiger partial charge in [0.15, 0.2) is 0 Å². The molecule has 0 aromatic heterocycles. The van der Waals surface area contributed by atoms with E-state index in [1.807, 2.05) is 12.1 Å². The first-order valence-electron chi connectivity index (χ1n) is 10.2. The van der Waals surface area contributed by atoms with E-state index in [1.54, 1.807) is 12.1 Å². The molecule has 29 heavy (non-hydrogen) atoms. The minimum absolute atomic E-state index is 0.288. The molecule has 1 heterocycles. The Bertz CT molecular complexity index is 918. The van der Waals surface area contributed by atoms with E-state index in [-0.39, 0.29) is 6.61 Å². The van der Waals surface area contributed by atoms with E-state index >= 15 is 0 Å². The lowest BCUT2D eigenvalue weighted by Gasteiger charge is -2.34. The van der Waals surface area contributed by atoms with Gasteiger partial charge in [-0.05, 0) is 48.6 Å². The van der Waals surface area contributed by atoms with Crippen molar-refractivity contribution in [2.24, 2.45) is 0 Å². The molecule has 4 rings (SSSR count). The van der Waals surface area contributed by atoms with Gasteiger partial charge in [-0.15, -0.1) is 0 Å². The molecule has 1 atom stereocenters. The lowest BCUT2D eigenvalue weighted by atomic mass is 10.0. The van der Waals surface area contributed by atoms with Crippen molar-refractivity contribution in [3.63, 3.8) is 0 Å². The quantitative estimate of drug-likeness (QED) is 0.586. The Morgan fingerprint density at radius 2 is 1.72 bits per heavy atom. The number of ether oxygens (including phenoxy) is 1. The molecule has 1 aliphatic rings. The van der Waals surface area contributed by atoms with Crippen LogP contribution >= 0.6 is 11.6 Å². The highest BCUT2D eigenvalue weighted by Crippen LogP contribution is 2.25. The van der Waals surface area contributed by atoms with Gasteiger partial charge < -0.3 is 20.1 Å². The average molecular weight is 411 g/mol. The van der Waals surface area contributed by atoms with Crippen molar-refractivity contribution in [3.05, 3.63) is 71.8 Å². The fourth-order valence-corrected chi connectivity index (χ4v) is 4.03. The Hall–Kier alpha value is -2.27. The van der Waals surface area contributed by atoms with Crippen molar-refractivity contribution >= 4 is 28.1 Å². The molecular formula is C24H27ClN2O2. The molecule has 1 fully saturated rings. The van der Waals surface area contributed by atoms with Crippen LogP contribution in [0.1, 0.15) is 12.8 Å². The summed E-state index contributed by atoms with van der Waals surface area (Å²) in [7, 11) is 0. The maximum Gasteiger partial charge on any atom is 0.119 e. The number of fused-ring (bicyclic) bond motifs is 1. The van der Waals surface area contributed by atoms with E-state index in [1.165, 1.54) is 16.5 Å². The second-order valence-electron chi connectivity index (χ2n) is 7.66. The van der Waals surface area contributed by atoms with Gasteiger partial charge in [0.1, 0.15) is 18.5 Å². The maximum atomic E-state index is 10.3. The summed E-state index contributed by atoms with van der Waals surface area (Å²) in [6.45, 7) is 2.87. The number of rotatable bonds is 7. The number of likely N-dealkylation sites (tertiary alicyclic amines) is 1. The molecular weight excluding hydrogens is 384 g/mol. The highest BCUT2D eigenvalue weighted by atomic mass is 35.5. The number of aliphatic hydroxyl groups excluding tert-OH is 1. The highest BCUT2D eigenvalue weighted by Gasteiger charge is 2.21. The summed E-state index contributed by atoms with van der Waals surface area (Å²) in [6, 6.07) is 22.6. The van der Waals surface area contributed by atoms with Crippen LogP contribution in [0.4, 0.5) is 5.69 Å². The van der Waals surface area contributed by atoms with Gasteiger partial charge in [-0.25, -0.2) is 0 Å². The predicted octanol–water partition coefficient (Wildman–Crippen LogP) is 4.81. The lowest BCUT2D eigenvalue weighted by Crippen LogP contribution is -2.43. The number of anilines is 1. The highest BCUT2D eigenvalue weighted by molar-refractivity contribution is 6.30. The van der Waals surface area contributed by atoms with Crippen LogP contribution in [0.2, 0.25) is 5.02 Å². The molecule has 5 heteroatoms. The Morgan fingerprint density at radius 1 is 1.00 bits per heavy atom. The topological polar surface area (TPSA) is 44.7 Å². The summed E-state index contributed by atoms with van der Waals surface area (Å²) in [6.07, 6.45) is 1.62. The van der Waals surface area contributed by atoms with E-state index < -0.39 is 6.10 Å². The van der Waals surface area contributed by atoms with Crippen LogP contribution in [0, 0.1) is 0 Å². The molecule has 1 aliphatic heterocycles. The van der Waals surface area contributed by atoms with Gasteiger partial charge in [0.05, 0.1) is 0 Å². The number of hydrogen-bond acceptors (Lipinski definition) is 4. The van der Waals surface area contributed by atoms with Crippen molar-refractivity contribution in [2.75, 3.05) is 31.6 Å². The molecule has 0 bridgehead atoms. The minimum atomic E-state index is -0.506. The summed E-state index contributed by atoms with van der Waals surface area (Å²) in [5.74, 6) is 0.728. The third-order valence-electron chi connectivity index (χ3n) is 5.46. The van der Waals surface area contributed by atoms with Gasteiger partial charge in [-0.1, -0.05) is 48.0 Å². The van der Waals surface area contributed by atoms with Crippen LogP contribution in [0.25, 0.3) is 10.8 Å². The standard InChI is InChI=1S/C24H27ClN2O2/c25-19-8-10-22(11-9-19)29-17-21(28)16-27-14-12-20(13-15-27)26-24-7-3-5-18-4-1-2-6-23(18)24/h1-11,20-21,26,28H,12-17H2/t21-/m1/s1. The molecule has 0 amide bonds. The normalized spacial score (nSPS) is 16.6. The summed E-state index contributed by atoms with van der Waals surface area (Å²) in [5, 5.41) is 17.3. The Kier molecular flexibility index (Phi) is 6.55. The first kappa shape index (κ1) is 20.0. The zero-order valence-corrected chi connectivity index (χ0v) is 17.2. The minimum Gasteiger partial charge on any atom is -0.491 e. The van der Waals surface area contributed by atoms with Crippen LogP contribution < -0.4 is 10.1 Å². The van der Waals surface area contributed by atoms with Crippen molar-refractivity contribution in [3.8, 4) is 5.75 Å². The van der Waals surface area contributed by atoms with Crippen LogP contribution in [0.15, 0.2) is 66.7 Å². The van der Waals surface area contributed by atoms with E-state index in [0.717, 1.165) is 31.7 Å². The average Bonchev–Trinajstić information content (AvgIpc) is 2.75. The summed E-state index contributed by atoms with van der Waals surface area (Å²) >= 11 is 5.88. The molecule has 0 aliphatic carbocycles. The third-order valence-corrected chi connectivity index (χ3v) is 5.71. The molecule has 0 radical (unpaired) electrons. The summed E-state index contributed by atoms with van der Waals surface area (Å²) < 4.78 is 5.66. The van der Waals surface area contributed by atoms with Crippen molar-refractivity contribution in [1.82, 2.24) is 4.90 Å². The van der Waals surface area contributed by atoms with Crippen LogP contribution in [-0.2, 0) is 0 Å². The molecule has 1 saturated heterocycles. The number of nitrogens with zero attached hydrogens (tertiary/aromatic N) is 1. The van der Waals surface area contributed by atoms with Gasteiger partial charge in [0, 0.05) is 41.8 Å². The largest absolute Gasteiger partial charge is 0.491 e. The van der Waals surface area contributed by atoms with Crippen LogP contribution in [0.3, 0.4) is 0 Å². The van der Waals surface area contributed by atoms with Crippen LogP contribution in [0.5, 0.6) is 5.75 Å². The second kappa shape index (κ2) is 9.49. The summed E-state index contributed by atoms with van der Waals surface area (Å²) in [5.41, 5.74) is 1.21. The SMILES string of the molecule is O[C@@H](COc1ccc(Cl)cc1)CN1CCC(Nc2cccc3ccccc23)CC1. The molecule has 0 spiro atoms. The zero-order chi connectivity index (χ0) is 20.1. The molecule has 3 aromatic carbocycles. The molecule has 3 aromatic rings. The second-order valence-corrected chi connectivity index (χ2v) is 8.10. The van der Waals surface area contributed by atoms with Gasteiger partial charge in [0.2, 0.25) is 0 Å². The van der Waals surface area contributed by atoms with E-state index in [9.17, 15) is 5.11 Å². The summed E-state index contributed by atoms with van der Waals surface area (Å²) in [4.78, 5) is 2.32. The number of β-amino-alcohol motifs (C(OH)–C–C–N with tert-alkyl or cyclic N) is 1. The van der Waals surface area contributed by atoms with Crippen molar-refractivity contribution in [1.29, 1.82) is 0 Å². The first-order chi connectivity index (χ1) is 14.2. The fourth-order valence-electron chi connectivity index (χ4n) is 3.91. The van der Waals surface area contributed by atoms with Crippen molar-refractivity contribution in [2.45, 2.75) is 25.0 Å². The van der Waals surface area contributed by atoms with E-state index in [2.05, 4.69) is 52.7 Å². The number of aliphatic hydroxyl groups is 1. The third kappa shape index (κ3) is 5.41. The number of hydrogen-bond donors (Lipinski definition) is 2. The predicted molar refractivity (Wildman–Crippen MR) is 120 cm³/mol. The maximum absolute atomic E-state index is 10.3. The molecule has 2 N–H and O–H groups in total. The molecule has 0 saturated carbocycles. The van der Waals surface area contributed by atoms with Gasteiger partial charge >= 0.3 is 0 Å².